The highest BCUT2D eigenvalue weighted by Crippen LogP contribution is 2.29. The lowest BCUT2D eigenvalue weighted by Gasteiger charge is -2.17. The minimum Gasteiger partial charge on any atom is -0.493 e. The van der Waals surface area contributed by atoms with Gasteiger partial charge >= 0.3 is 0 Å². The van der Waals surface area contributed by atoms with Crippen LogP contribution in [0.4, 0.5) is 0 Å². The van der Waals surface area contributed by atoms with Gasteiger partial charge in [-0.15, -0.1) is 0 Å². The van der Waals surface area contributed by atoms with Gasteiger partial charge in [0.1, 0.15) is 5.75 Å². The van der Waals surface area contributed by atoms with Crippen LogP contribution in [0, 0.1) is 5.92 Å². The Balaban J connectivity index is 2.75. The third-order valence-corrected chi connectivity index (χ3v) is 3.66. The summed E-state index contributed by atoms with van der Waals surface area (Å²) in [4.78, 5) is 0. The van der Waals surface area contributed by atoms with Gasteiger partial charge in [-0.05, 0) is 52.9 Å². The molecule has 2 atom stereocenters. The van der Waals surface area contributed by atoms with E-state index in [0.29, 0.717) is 12.5 Å². The van der Waals surface area contributed by atoms with E-state index in [2.05, 4.69) is 41.9 Å². The smallest absolute Gasteiger partial charge is 0.133 e. The summed E-state index contributed by atoms with van der Waals surface area (Å²) in [7, 11) is 0. The highest BCUT2D eigenvalue weighted by Gasteiger charge is 2.11. The molecule has 0 fully saturated rings. The summed E-state index contributed by atoms with van der Waals surface area (Å²) in [6.07, 6.45) is 2.20. The molecule has 2 N–H and O–H groups in total. The Morgan fingerprint density at radius 1 is 1.35 bits per heavy atom. The van der Waals surface area contributed by atoms with E-state index in [4.69, 9.17) is 10.5 Å². The van der Waals surface area contributed by atoms with E-state index in [9.17, 15) is 0 Å². The second-order valence-electron chi connectivity index (χ2n) is 4.48. The number of nitrogens with two attached hydrogens (primary N) is 1. The zero-order chi connectivity index (χ0) is 12.8. The molecule has 1 aromatic carbocycles. The van der Waals surface area contributed by atoms with Crippen LogP contribution in [0.15, 0.2) is 22.7 Å². The van der Waals surface area contributed by atoms with Crippen LogP contribution in [-0.2, 0) is 0 Å². The Kier molecular flexibility index (Phi) is 6.00. The van der Waals surface area contributed by atoms with E-state index in [0.717, 1.165) is 16.6 Å². The van der Waals surface area contributed by atoms with Crippen molar-refractivity contribution in [2.24, 2.45) is 11.7 Å². The molecule has 0 aromatic heterocycles. The molecule has 3 heteroatoms. The standard InChI is InChI=1S/C14H22BrNO/c1-4-10(3)8-13(16)11-6-7-14(17-5-2)12(15)9-11/h6-7,9-10,13H,4-5,8,16H2,1-3H3. The third kappa shape index (κ3) is 4.32. The predicted molar refractivity (Wildman–Crippen MR) is 76.3 cm³/mol. The topological polar surface area (TPSA) is 35.2 Å². The summed E-state index contributed by atoms with van der Waals surface area (Å²) < 4.78 is 6.47. The van der Waals surface area contributed by atoms with Gasteiger partial charge in [-0.3, -0.25) is 0 Å². The first kappa shape index (κ1) is 14.5. The van der Waals surface area contributed by atoms with Crippen molar-refractivity contribution in [1.82, 2.24) is 0 Å². The van der Waals surface area contributed by atoms with Crippen LogP contribution in [0.5, 0.6) is 5.75 Å². The molecule has 0 amide bonds. The zero-order valence-corrected chi connectivity index (χ0v) is 12.5. The second kappa shape index (κ2) is 7.02. The fraction of sp³-hybridized carbons (Fsp3) is 0.571. The highest BCUT2D eigenvalue weighted by atomic mass is 79.9. The Labute approximate surface area is 113 Å². The molecular weight excluding hydrogens is 278 g/mol. The number of benzene rings is 1. The van der Waals surface area contributed by atoms with E-state index in [1.54, 1.807) is 0 Å². The van der Waals surface area contributed by atoms with Gasteiger partial charge in [0, 0.05) is 6.04 Å². The van der Waals surface area contributed by atoms with Gasteiger partial charge in [-0.2, -0.15) is 0 Å². The van der Waals surface area contributed by atoms with Gasteiger partial charge in [0.25, 0.3) is 0 Å². The fourth-order valence-electron chi connectivity index (χ4n) is 1.76. The first-order chi connectivity index (χ1) is 8.08. The number of ether oxygens (including phenoxy) is 1. The van der Waals surface area contributed by atoms with Crippen LogP contribution in [0.25, 0.3) is 0 Å². The van der Waals surface area contributed by atoms with E-state index < -0.39 is 0 Å². The minimum absolute atomic E-state index is 0.108. The van der Waals surface area contributed by atoms with Gasteiger partial charge < -0.3 is 10.5 Å². The van der Waals surface area contributed by atoms with Crippen LogP contribution < -0.4 is 10.5 Å². The number of rotatable bonds is 6. The molecule has 1 rings (SSSR count). The second-order valence-corrected chi connectivity index (χ2v) is 5.33. The summed E-state index contributed by atoms with van der Waals surface area (Å²) in [6, 6.07) is 6.22. The monoisotopic (exact) mass is 299 g/mol. The van der Waals surface area contributed by atoms with Crippen molar-refractivity contribution in [3.63, 3.8) is 0 Å². The molecule has 0 aliphatic carbocycles. The van der Waals surface area contributed by atoms with Crippen LogP contribution >= 0.6 is 15.9 Å². The molecule has 2 unspecified atom stereocenters. The Hall–Kier alpha value is -0.540. The van der Waals surface area contributed by atoms with Crippen molar-refractivity contribution < 1.29 is 4.74 Å². The average molecular weight is 300 g/mol. The van der Waals surface area contributed by atoms with Crippen molar-refractivity contribution in [2.45, 2.75) is 39.7 Å². The largest absolute Gasteiger partial charge is 0.493 e. The molecule has 1 aromatic rings. The molecule has 0 aliphatic rings. The quantitative estimate of drug-likeness (QED) is 0.851. The van der Waals surface area contributed by atoms with Crippen LogP contribution in [0.1, 0.15) is 45.2 Å². The molecule has 0 spiro atoms. The normalized spacial score (nSPS) is 14.4. The van der Waals surface area contributed by atoms with Crippen molar-refractivity contribution in [1.29, 1.82) is 0 Å². The highest BCUT2D eigenvalue weighted by molar-refractivity contribution is 9.10. The Morgan fingerprint density at radius 3 is 2.59 bits per heavy atom. The molecular formula is C14H22BrNO. The fourth-order valence-corrected chi connectivity index (χ4v) is 2.27. The lowest BCUT2D eigenvalue weighted by molar-refractivity contribution is 0.338. The van der Waals surface area contributed by atoms with Crippen LogP contribution in [-0.4, -0.2) is 6.61 Å². The molecule has 0 saturated carbocycles. The summed E-state index contributed by atoms with van der Waals surface area (Å²) in [6.45, 7) is 7.10. The summed E-state index contributed by atoms with van der Waals surface area (Å²) in [5, 5.41) is 0. The maximum Gasteiger partial charge on any atom is 0.133 e. The molecule has 0 bridgehead atoms. The summed E-state index contributed by atoms with van der Waals surface area (Å²) in [5.41, 5.74) is 7.37. The van der Waals surface area contributed by atoms with E-state index >= 15 is 0 Å². The molecule has 0 radical (unpaired) electrons. The maximum atomic E-state index is 6.20. The molecule has 2 nitrogen and oxygen atoms in total. The molecule has 0 saturated heterocycles. The van der Waals surface area contributed by atoms with Crippen LogP contribution in [0.2, 0.25) is 0 Å². The van der Waals surface area contributed by atoms with E-state index in [1.807, 2.05) is 13.0 Å². The summed E-state index contributed by atoms with van der Waals surface area (Å²) in [5.74, 6) is 1.54. The van der Waals surface area contributed by atoms with Gasteiger partial charge in [0.2, 0.25) is 0 Å². The van der Waals surface area contributed by atoms with Gasteiger partial charge in [0.15, 0.2) is 0 Å². The SMILES string of the molecule is CCOc1ccc(C(N)CC(C)CC)cc1Br. The first-order valence-corrected chi connectivity index (χ1v) is 7.05. The minimum atomic E-state index is 0.108. The Morgan fingerprint density at radius 2 is 2.06 bits per heavy atom. The maximum absolute atomic E-state index is 6.20. The predicted octanol–water partition coefficient (Wildman–Crippen LogP) is 4.28. The number of hydrogen-bond acceptors (Lipinski definition) is 2. The lowest BCUT2D eigenvalue weighted by atomic mass is 9.95. The summed E-state index contributed by atoms with van der Waals surface area (Å²) >= 11 is 3.52. The third-order valence-electron chi connectivity index (χ3n) is 3.04. The average Bonchev–Trinajstić information content (AvgIpc) is 2.31. The van der Waals surface area contributed by atoms with Crippen molar-refractivity contribution >= 4 is 15.9 Å². The first-order valence-electron chi connectivity index (χ1n) is 6.26. The molecule has 0 aliphatic heterocycles. The molecule has 96 valence electrons. The van der Waals surface area contributed by atoms with Crippen molar-refractivity contribution in [3.8, 4) is 5.75 Å². The number of halogens is 1. The van der Waals surface area contributed by atoms with Gasteiger partial charge in [-0.1, -0.05) is 26.3 Å². The van der Waals surface area contributed by atoms with Crippen LogP contribution in [0.3, 0.4) is 0 Å². The van der Waals surface area contributed by atoms with E-state index in [1.165, 1.54) is 12.0 Å². The van der Waals surface area contributed by atoms with Crippen molar-refractivity contribution in [3.05, 3.63) is 28.2 Å². The molecule has 0 heterocycles. The lowest BCUT2D eigenvalue weighted by Crippen LogP contribution is -2.13. The van der Waals surface area contributed by atoms with E-state index in [-0.39, 0.29) is 6.04 Å². The zero-order valence-electron chi connectivity index (χ0n) is 10.9. The molecule has 17 heavy (non-hydrogen) atoms. The van der Waals surface area contributed by atoms with Gasteiger partial charge in [-0.25, -0.2) is 0 Å². The van der Waals surface area contributed by atoms with Crippen molar-refractivity contribution in [2.75, 3.05) is 6.61 Å². The van der Waals surface area contributed by atoms with Gasteiger partial charge in [0.05, 0.1) is 11.1 Å². The number of hydrogen-bond donors (Lipinski definition) is 1. The Bertz CT molecular complexity index is 354.